The first kappa shape index (κ1) is 13.2. The molecule has 1 aliphatic heterocycles. The van der Waals surface area contributed by atoms with Crippen LogP contribution in [0.5, 0.6) is 0 Å². The zero-order valence-corrected chi connectivity index (χ0v) is 10.8. The van der Waals surface area contributed by atoms with E-state index in [0.29, 0.717) is 31.9 Å². The van der Waals surface area contributed by atoms with Crippen LogP contribution in [-0.2, 0) is 10.0 Å². The number of hydrogen-bond acceptors (Lipinski definition) is 5. The average molecular weight is 274 g/mol. The van der Waals surface area contributed by atoms with Gasteiger partial charge in [-0.05, 0) is 12.8 Å². The normalized spacial score (nSPS) is 18.8. The summed E-state index contributed by atoms with van der Waals surface area (Å²) in [4.78, 5) is 7.62. The highest BCUT2D eigenvalue weighted by molar-refractivity contribution is 7.88. The van der Waals surface area contributed by atoms with E-state index in [-0.39, 0.29) is 6.04 Å². The maximum atomic E-state index is 12.6. The molecule has 0 atom stereocenters. The monoisotopic (exact) mass is 274 g/mol. The van der Waals surface area contributed by atoms with Crippen molar-refractivity contribution in [1.82, 2.24) is 14.3 Å². The summed E-state index contributed by atoms with van der Waals surface area (Å²) in [5.74, 6) is -0.110. The highest BCUT2D eigenvalue weighted by Gasteiger charge is 2.25. The Morgan fingerprint density at radius 1 is 1.33 bits per heavy atom. The molecule has 2 heterocycles. The molecule has 0 amide bonds. The van der Waals surface area contributed by atoms with Gasteiger partial charge in [0.25, 0.3) is 0 Å². The zero-order valence-electron chi connectivity index (χ0n) is 10.0. The van der Waals surface area contributed by atoms with E-state index in [1.807, 2.05) is 0 Å². The molecule has 0 bridgehead atoms. The van der Waals surface area contributed by atoms with Crippen molar-refractivity contribution in [1.29, 1.82) is 0 Å². The number of piperidine rings is 1. The number of sulfonamides is 1. The van der Waals surface area contributed by atoms with Gasteiger partial charge in [-0.15, -0.1) is 0 Å². The highest BCUT2D eigenvalue weighted by Crippen LogP contribution is 2.15. The smallest absolute Gasteiger partial charge is 0.222 e. The Hall–Kier alpha value is -1.28. The molecule has 0 unspecified atom stereocenters. The van der Waals surface area contributed by atoms with Crippen LogP contribution in [0.3, 0.4) is 0 Å². The summed E-state index contributed by atoms with van der Waals surface area (Å²) < 4.78 is 36.7. The van der Waals surface area contributed by atoms with Gasteiger partial charge in [0.15, 0.2) is 5.82 Å². The minimum Gasteiger partial charge on any atom is -0.351 e. The second kappa shape index (κ2) is 5.15. The maximum absolute atomic E-state index is 12.6. The lowest BCUT2D eigenvalue weighted by atomic mass is 10.1. The van der Waals surface area contributed by atoms with Gasteiger partial charge >= 0.3 is 0 Å². The maximum Gasteiger partial charge on any atom is 0.222 e. The van der Waals surface area contributed by atoms with Crippen molar-refractivity contribution in [3.8, 4) is 0 Å². The number of rotatable bonds is 3. The topological polar surface area (TPSA) is 75.2 Å². The fourth-order valence-electron chi connectivity index (χ4n) is 1.90. The van der Waals surface area contributed by atoms with Crippen molar-refractivity contribution in [3.05, 3.63) is 18.2 Å². The Balaban J connectivity index is 1.89. The van der Waals surface area contributed by atoms with E-state index in [4.69, 9.17) is 0 Å². The Labute approximate surface area is 105 Å². The van der Waals surface area contributed by atoms with Crippen molar-refractivity contribution >= 4 is 16.0 Å². The lowest BCUT2D eigenvalue weighted by molar-refractivity contribution is 0.331. The molecule has 18 heavy (non-hydrogen) atoms. The van der Waals surface area contributed by atoms with E-state index in [0.717, 1.165) is 12.4 Å². The van der Waals surface area contributed by atoms with Gasteiger partial charge in [-0.3, -0.25) is 0 Å². The molecule has 1 N–H and O–H groups in total. The van der Waals surface area contributed by atoms with Crippen LogP contribution in [0.25, 0.3) is 0 Å². The summed E-state index contributed by atoms with van der Waals surface area (Å²) in [6, 6.07) is 0.119. The molecule has 0 radical (unpaired) electrons. The third kappa shape index (κ3) is 3.36. The van der Waals surface area contributed by atoms with Gasteiger partial charge in [-0.25, -0.2) is 27.1 Å². The highest BCUT2D eigenvalue weighted by atomic mass is 32.2. The zero-order chi connectivity index (χ0) is 13.2. The van der Waals surface area contributed by atoms with Crippen molar-refractivity contribution in [2.24, 2.45) is 0 Å². The SMILES string of the molecule is CS(=O)(=O)N1CCC(Nc2ncc(F)cn2)CC1. The second-order valence-electron chi connectivity index (χ2n) is 4.31. The lowest BCUT2D eigenvalue weighted by Crippen LogP contribution is -2.42. The fourth-order valence-corrected chi connectivity index (χ4v) is 2.78. The molecular formula is C10H15FN4O2S. The second-order valence-corrected chi connectivity index (χ2v) is 6.29. The van der Waals surface area contributed by atoms with Gasteiger partial charge in [0.1, 0.15) is 0 Å². The third-order valence-electron chi connectivity index (χ3n) is 2.88. The summed E-state index contributed by atoms with van der Waals surface area (Å²) in [7, 11) is -3.10. The predicted octanol–water partition coefficient (Wildman–Crippen LogP) is 0.452. The fraction of sp³-hybridized carbons (Fsp3) is 0.600. The van der Waals surface area contributed by atoms with Crippen LogP contribution in [0.1, 0.15) is 12.8 Å². The predicted molar refractivity (Wildman–Crippen MR) is 65.1 cm³/mol. The Kier molecular flexibility index (Phi) is 3.76. The van der Waals surface area contributed by atoms with Gasteiger partial charge < -0.3 is 5.32 Å². The van der Waals surface area contributed by atoms with Gasteiger partial charge in [0.2, 0.25) is 16.0 Å². The number of halogens is 1. The van der Waals surface area contributed by atoms with Gasteiger partial charge in [-0.2, -0.15) is 0 Å². The molecule has 0 saturated carbocycles. The standard InChI is InChI=1S/C10H15FN4O2S/c1-18(16,17)15-4-2-9(3-5-15)14-10-12-6-8(11)7-13-10/h6-7,9H,2-5H2,1H3,(H,12,13,14). The molecule has 1 saturated heterocycles. The number of aromatic nitrogens is 2. The summed E-state index contributed by atoms with van der Waals surface area (Å²) >= 11 is 0. The molecule has 1 aromatic rings. The number of nitrogens with zero attached hydrogens (tertiary/aromatic N) is 3. The van der Waals surface area contributed by atoms with Gasteiger partial charge in [0.05, 0.1) is 18.6 Å². The van der Waals surface area contributed by atoms with E-state index in [1.165, 1.54) is 10.6 Å². The largest absolute Gasteiger partial charge is 0.351 e. The first-order valence-corrected chi connectivity index (χ1v) is 7.49. The first-order valence-electron chi connectivity index (χ1n) is 5.64. The van der Waals surface area contributed by atoms with Crippen LogP contribution in [0.4, 0.5) is 10.3 Å². The molecule has 0 spiro atoms. The average Bonchev–Trinajstić information content (AvgIpc) is 2.32. The molecule has 2 rings (SSSR count). The molecule has 1 aliphatic rings. The lowest BCUT2D eigenvalue weighted by Gasteiger charge is -2.30. The van der Waals surface area contributed by atoms with Crippen LogP contribution in [0.2, 0.25) is 0 Å². The molecule has 1 fully saturated rings. The molecular weight excluding hydrogens is 259 g/mol. The minimum absolute atomic E-state index is 0.119. The Bertz CT molecular complexity index is 497. The molecule has 0 aromatic carbocycles. The van der Waals surface area contributed by atoms with E-state index in [1.54, 1.807) is 0 Å². The summed E-state index contributed by atoms with van der Waals surface area (Å²) in [6.45, 7) is 0.968. The Morgan fingerprint density at radius 3 is 2.39 bits per heavy atom. The molecule has 6 nitrogen and oxygen atoms in total. The first-order chi connectivity index (χ1) is 8.45. The summed E-state index contributed by atoms with van der Waals surface area (Å²) in [5.41, 5.74) is 0. The number of nitrogens with one attached hydrogen (secondary N) is 1. The van der Waals surface area contributed by atoms with E-state index in [2.05, 4.69) is 15.3 Å². The van der Waals surface area contributed by atoms with Crippen LogP contribution in [-0.4, -0.2) is 48.1 Å². The number of hydrogen-bond donors (Lipinski definition) is 1. The van der Waals surface area contributed by atoms with E-state index in [9.17, 15) is 12.8 Å². The summed E-state index contributed by atoms with van der Waals surface area (Å²) in [5, 5.41) is 3.07. The quantitative estimate of drug-likeness (QED) is 0.866. The van der Waals surface area contributed by atoms with Gasteiger partial charge in [0, 0.05) is 19.1 Å². The minimum atomic E-state index is -3.10. The molecule has 100 valence electrons. The van der Waals surface area contributed by atoms with Crippen LogP contribution >= 0.6 is 0 Å². The van der Waals surface area contributed by atoms with E-state index >= 15 is 0 Å². The Morgan fingerprint density at radius 2 is 1.89 bits per heavy atom. The van der Waals surface area contributed by atoms with Crippen molar-refractivity contribution in [2.45, 2.75) is 18.9 Å². The van der Waals surface area contributed by atoms with Crippen molar-refractivity contribution in [3.63, 3.8) is 0 Å². The van der Waals surface area contributed by atoms with Crippen LogP contribution in [0.15, 0.2) is 12.4 Å². The molecule has 1 aromatic heterocycles. The number of anilines is 1. The molecule has 8 heteroatoms. The van der Waals surface area contributed by atoms with Crippen LogP contribution in [0, 0.1) is 5.82 Å². The van der Waals surface area contributed by atoms with Crippen molar-refractivity contribution in [2.75, 3.05) is 24.7 Å². The van der Waals surface area contributed by atoms with Crippen LogP contribution < -0.4 is 5.32 Å². The van der Waals surface area contributed by atoms with Gasteiger partial charge in [-0.1, -0.05) is 0 Å². The summed E-state index contributed by atoms with van der Waals surface area (Å²) in [6.07, 6.45) is 4.79. The van der Waals surface area contributed by atoms with E-state index < -0.39 is 15.8 Å². The molecule has 0 aliphatic carbocycles. The van der Waals surface area contributed by atoms with Crippen molar-refractivity contribution < 1.29 is 12.8 Å². The third-order valence-corrected chi connectivity index (χ3v) is 4.18.